The second-order valence-electron chi connectivity index (χ2n) is 3.62. The van der Waals surface area contributed by atoms with E-state index in [1.807, 2.05) is 4.72 Å². The molecular weight excluding hydrogens is 318 g/mol. The van der Waals surface area contributed by atoms with E-state index in [9.17, 15) is 17.2 Å². The first kappa shape index (κ1) is 14.3. The monoisotopic (exact) mass is 328 g/mol. The van der Waals surface area contributed by atoms with Crippen molar-refractivity contribution < 1.29 is 17.2 Å². The average molecular weight is 329 g/mol. The van der Waals surface area contributed by atoms with Gasteiger partial charge < -0.3 is 0 Å². The van der Waals surface area contributed by atoms with Crippen LogP contribution in [0.3, 0.4) is 0 Å². The van der Waals surface area contributed by atoms with Gasteiger partial charge in [-0.25, -0.2) is 8.78 Å². The van der Waals surface area contributed by atoms with Crippen molar-refractivity contribution in [1.29, 1.82) is 0 Å². The molecule has 0 aliphatic carbocycles. The van der Waals surface area contributed by atoms with Gasteiger partial charge in [0.2, 0.25) is 0 Å². The normalized spacial score (nSPS) is 11.9. The van der Waals surface area contributed by atoms with Gasteiger partial charge in [0.1, 0.15) is 11.6 Å². The standard InChI is InChI=1S/C9H11BrF2N2O2S/c1-5(2)13-17(15,16)14-9-4-7(11)6(10)3-8(9)12/h3-5,13-14H,1-2H3. The van der Waals surface area contributed by atoms with Crippen molar-refractivity contribution in [1.82, 2.24) is 4.72 Å². The van der Waals surface area contributed by atoms with Gasteiger partial charge in [-0.05, 0) is 35.8 Å². The first-order valence-corrected chi connectivity index (χ1v) is 6.93. The van der Waals surface area contributed by atoms with Crippen LogP contribution in [0.25, 0.3) is 0 Å². The van der Waals surface area contributed by atoms with Crippen LogP contribution in [0.2, 0.25) is 0 Å². The number of hydrogen-bond donors (Lipinski definition) is 2. The van der Waals surface area contributed by atoms with Gasteiger partial charge in [0.25, 0.3) is 10.2 Å². The Morgan fingerprint density at radius 3 is 2.35 bits per heavy atom. The van der Waals surface area contributed by atoms with E-state index in [1.165, 1.54) is 0 Å². The van der Waals surface area contributed by atoms with E-state index in [4.69, 9.17) is 0 Å². The number of nitrogens with one attached hydrogen (secondary N) is 2. The Labute approximate surface area is 107 Å². The molecule has 0 heterocycles. The maximum Gasteiger partial charge on any atom is 0.299 e. The molecule has 0 radical (unpaired) electrons. The Hall–Kier alpha value is -0.730. The lowest BCUT2D eigenvalue weighted by atomic mass is 10.3. The zero-order valence-electron chi connectivity index (χ0n) is 9.09. The molecule has 1 aromatic rings. The van der Waals surface area contributed by atoms with Crippen molar-refractivity contribution >= 4 is 31.8 Å². The fraction of sp³-hybridized carbons (Fsp3) is 0.333. The van der Waals surface area contributed by atoms with Crippen LogP contribution in [-0.2, 0) is 10.2 Å². The lowest BCUT2D eigenvalue weighted by molar-refractivity contribution is 0.572. The number of benzene rings is 1. The number of halogens is 3. The van der Waals surface area contributed by atoms with Gasteiger partial charge in [0, 0.05) is 12.1 Å². The SMILES string of the molecule is CC(C)NS(=O)(=O)Nc1cc(F)c(Br)cc1F. The molecule has 96 valence electrons. The molecule has 4 nitrogen and oxygen atoms in total. The zero-order valence-corrected chi connectivity index (χ0v) is 11.5. The van der Waals surface area contributed by atoms with Crippen LogP contribution in [0.5, 0.6) is 0 Å². The van der Waals surface area contributed by atoms with Crippen LogP contribution in [0, 0.1) is 11.6 Å². The van der Waals surface area contributed by atoms with Crippen molar-refractivity contribution in [2.45, 2.75) is 19.9 Å². The van der Waals surface area contributed by atoms with Crippen LogP contribution in [0.1, 0.15) is 13.8 Å². The van der Waals surface area contributed by atoms with Crippen molar-refractivity contribution in [3.63, 3.8) is 0 Å². The van der Waals surface area contributed by atoms with E-state index in [0.717, 1.165) is 12.1 Å². The number of anilines is 1. The van der Waals surface area contributed by atoms with E-state index in [-0.39, 0.29) is 10.5 Å². The van der Waals surface area contributed by atoms with E-state index >= 15 is 0 Å². The molecule has 0 aromatic heterocycles. The molecule has 1 aromatic carbocycles. The molecule has 8 heteroatoms. The number of hydrogen-bond acceptors (Lipinski definition) is 2. The van der Waals surface area contributed by atoms with Gasteiger partial charge in [-0.15, -0.1) is 0 Å². The Morgan fingerprint density at radius 1 is 1.24 bits per heavy atom. The van der Waals surface area contributed by atoms with Crippen molar-refractivity contribution in [2.24, 2.45) is 0 Å². The maximum atomic E-state index is 13.3. The number of rotatable bonds is 4. The largest absolute Gasteiger partial charge is 0.299 e. The fourth-order valence-electron chi connectivity index (χ4n) is 1.09. The van der Waals surface area contributed by atoms with Gasteiger partial charge >= 0.3 is 0 Å². The maximum absolute atomic E-state index is 13.3. The Balaban J connectivity index is 3.00. The molecule has 0 bridgehead atoms. The summed E-state index contributed by atoms with van der Waals surface area (Å²) in [6.07, 6.45) is 0. The zero-order chi connectivity index (χ0) is 13.2. The highest BCUT2D eigenvalue weighted by Gasteiger charge is 2.15. The molecule has 0 spiro atoms. The summed E-state index contributed by atoms with van der Waals surface area (Å²) in [4.78, 5) is 0. The molecule has 0 amide bonds. The minimum atomic E-state index is -3.91. The summed E-state index contributed by atoms with van der Waals surface area (Å²) in [6, 6.07) is 1.26. The minimum absolute atomic E-state index is 0.0743. The van der Waals surface area contributed by atoms with Crippen LogP contribution in [0.4, 0.5) is 14.5 Å². The molecule has 0 unspecified atom stereocenters. The molecule has 0 atom stereocenters. The third-order valence-corrected chi connectivity index (χ3v) is 3.52. The molecule has 17 heavy (non-hydrogen) atoms. The van der Waals surface area contributed by atoms with Crippen LogP contribution < -0.4 is 9.44 Å². The summed E-state index contributed by atoms with van der Waals surface area (Å²) in [5.74, 6) is -1.62. The molecule has 1 rings (SSSR count). The van der Waals surface area contributed by atoms with Crippen molar-refractivity contribution in [3.05, 3.63) is 28.2 Å². The van der Waals surface area contributed by atoms with Gasteiger partial charge in [0.15, 0.2) is 0 Å². The summed E-state index contributed by atoms with van der Waals surface area (Å²) in [6.45, 7) is 3.22. The Bertz CT molecular complexity index is 520. The second kappa shape index (κ2) is 5.28. The third kappa shape index (κ3) is 4.21. The lowest BCUT2D eigenvalue weighted by Crippen LogP contribution is -2.35. The molecule has 0 aliphatic heterocycles. The molecule has 0 saturated carbocycles. The highest BCUT2D eigenvalue weighted by atomic mass is 79.9. The van der Waals surface area contributed by atoms with Crippen LogP contribution in [-0.4, -0.2) is 14.5 Å². The smallest absolute Gasteiger partial charge is 0.268 e. The quantitative estimate of drug-likeness (QED) is 0.834. The van der Waals surface area contributed by atoms with Crippen molar-refractivity contribution in [2.75, 3.05) is 4.72 Å². The Kier molecular flexibility index (Phi) is 4.45. The molecule has 0 aliphatic rings. The summed E-state index contributed by atoms with van der Waals surface area (Å²) < 4.78 is 53.4. The van der Waals surface area contributed by atoms with Gasteiger partial charge in [-0.3, -0.25) is 4.72 Å². The Morgan fingerprint density at radius 2 is 1.82 bits per heavy atom. The molecule has 0 fully saturated rings. The first-order chi connectivity index (χ1) is 7.71. The van der Waals surface area contributed by atoms with Crippen LogP contribution >= 0.6 is 15.9 Å². The molecule has 2 N–H and O–H groups in total. The summed E-state index contributed by atoms with van der Waals surface area (Å²) in [7, 11) is -3.91. The molecular formula is C9H11BrF2N2O2S. The average Bonchev–Trinajstić information content (AvgIpc) is 2.11. The van der Waals surface area contributed by atoms with E-state index < -0.39 is 27.5 Å². The van der Waals surface area contributed by atoms with Gasteiger partial charge in [-0.1, -0.05) is 0 Å². The second-order valence-corrected chi connectivity index (χ2v) is 5.93. The predicted molar refractivity (Wildman–Crippen MR) is 64.9 cm³/mol. The fourth-order valence-corrected chi connectivity index (χ4v) is 2.53. The lowest BCUT2D eigenvalue weighted by Gasteiger charge is -2.12. The highest BCUT2D eigenvalue weighted by molar-refractivity contribution is 9.10. The molecule has 0 saturated heterocycles. The van der Waals surface area contributed by atoms with Gasteiger partial charge in [0.05, 0.1) is 10.2 Å². The van der Waals surface area contributed by atoms with E-state index in [1.54, 1.807) is 13.8 Å². The summed E-state index contributed by atoms with van der Waals surface area (Å²) in [5.41, 5.74) is -0.446. The predicted octanol–water partition coefficient (Wildman–Crippen LogP) is 2.38. The summed E-state index contributed by atoms with van der Waals surface area (Å²) in [5, 5.41) is 0. The minimum Gasteiger partial charge on any atom is -0.268 e. The van der Waals surface area contributed by atoms with Gasteiger partial charge in [-0.2, -0.15) is 13.1 Å². The van der Waals surface area contributed by atoms with E-state index in [0.29, 0.717) is 0 Å². The van der Waals surface area contributed by atoms with Crippen LogP contribution in [0.15, 0.2) is 16.6 Å². The van der Waals surface area contributed by atoms with Crippen molar-refractivity contribution in [3.8, 4) is 0 Å². The van der Waals surface area contributed by atoms with E-state index in [2.05, 4.69) is 20.7 Å². The first-order valence-electron chi connectivity index (χ1n) is 4.66. The highest BCUT2D eigenvalue weighted by Crippen LogP contribution is 2.23. The summed E-state index contributed by atoms with van der Waals surface area (Å²) >= 11 is 2.79. The topological polar surface area (TPSA) is 58.2 Å². The third-order valence-electron chi connectivity index (χ3n) is 1.65.